The number of non-ortho nitro benzene ring substituents is 1. The van der Waals surface area contributed by atoms with Gasteiger partial charge in [-0.3, -0.25) is 10.1 Å². The number of hydrogen-bond donors (Lipinski definition) is 0. The molecule has 0 fully saturated rings. The largest absolute Gasteiger partial charge is 0.495 e. The highest BCUT2D eigenvalue weighted by Gasteiger charge is 2.16. The summed E-state index contributed by atoms with van der Waals surface area (Å²) in [6, 6.07) is 5.62. The Kier molecular flexibility index (Phi) is 2.85. The van der Waals surface area contributed by atoms with Crippen molar-refractivity contribution in [1.82, 2.24) is 0 Å². The molecule has 0 heterocycles. The smallest absolute Gasteiger partial charge is 0.274 e. The lowest BCUT2D eigenvalue weighted by Gasteiger charge is -2.03. The molecule has 0 radical (unpaired) electrons. The van der Waals surface area contributed by atoms with Gasteiger partial charge in [-0.15, -0.1) is 0 Å². The fourth-order valence-corrected chi connectivity index (χ4v) is 1.07. The summed E-state index contributed by atoms with van der Waals surface area (Å²) in [6.07, 6.45) is 0. The zero-order valence-electron chi connectivity index (χ0n) is 7.72. The Morgan fingerprint density at radius 2 is 2.07 bits per heavy atom. The van der Waals surface area contributed by atoms with E-state index in [9.17, 15) is 10.1 Å². The van der Waals surface area contributed by atoms with E-state index in [-0.39, 0.29) is 22.6 Å². The number of methoxy groups -OCH3 is 1. The highest BCUT2D eigenvalue weighted by Crippen LogP contribution is 2.27. The first-order valence-electron chi connectivity index (χ1n) is 3.80. The molecule has 15 heavy (non-hydrogen) atoms. The number of nitriles is 2. The Labute approximate surface area is 85.1 Å². The second-order valence-electron chi connectivity index (χ2n) is 2.55. The molecule has 74 valence electrons. The molecule has 1 aromatic carbocycles. The van der Waals surface area contributed by atoms with Gasteiger partial charge in [0.25, 0.3) is 5.69 Å². The second-order valence-corrected chi connectivity index (χ2v) is 2.55. The van der Waals surface area contributed by atoms with Crippen molar-refractivity contribution in [3.8, 4) is 17.9 Å². The average molecular weight is 203 g/mol. The van der Waals surface area contributed by atoms with Gasteiger partial charge in [0.15, 0.2) is 0 Å². The minimum atomic E-state index is -0.648. The van der Waals surface area contributed by atoms with E-state index in [1.54, 1.807) is 12.1 Å². The Hall–Kier alpha value is -2.60. The van der Waals surface area contributed by atoms with Crippen molar-refractivity contribution in [2.75, 3.05) is 7.11 Å². The van der Waals surface area contributed by atoms with Gasteiger partial charge in [0.2, 0.25) is 0 Å². The summed E-state index contributed by atoms with van der Waals surface area (Å²) in [7, 11) is 1.28. The van der Waals surface area contributed by atoms with Gasteiger partial charge in [-0.2, -0.15) is 10.5 Å². The lowest BCUT2D eigenvalue weighted by Crippen LogP contribution is -1.96. The lowest BCUT2D eigenvalue weighted by atomic mass is 10.1. The molecule has 6 heteroatoms. The molecular weight excluding hydrogens is 198 g/mol. The maximum atomic E-state index is 10.5. The highest BCUT2D eigenvalue weighted by molar-refractivity contribution is 5.59. The van der Waals surface area contributed by atoms with Crippen molar-refractivity contribution >= 4 is 5.69 Å². The van der Waals surface area contributed by atoms with Gasteiger partial charge in [-0.05, 0) is 0 Å². The third-order valence-electron chi connectivity index (χ3n) is 1.75. The van der Waals surface area contributed by atoms with Crippen LogP contribution in [0, 0.1) is 32.8 Å². The Balaban J connectivity index is 3.53. The molecule has 1 aromatic rings. The molecule has 0 amide bonds. The quantitative estimate of drug-likeness (QED) is 0.533. The molecule has 0 N–H and O–H groups in total. The maximum Gasteiger partial charge on any atom is 0.274 e. The van der Waals surface area contributed by atoms with Crippen LogP contribution in [0.3, 0.4) is 0 Å². The van der Waals surface area contributed by atoms with E-state index in [0.29, 0.717) is 0 Å². The number of hydrogen-bond acceptors (Lipinski definition) is 5. The standard InChI is InChI=1S/C9H5N3O3/c1-15-9-3-7(12(13)14)2-6(4-10)8(9)5-11/h2-3H,1H3. The summed E-state index contributed by atoms with van der Waals surface area (Å²) in [4.78, 5) is 9.85. The number of rotatable bonds is 2. The highest BCUT2D eigenvalue weighted by atomic mass is 16.6. The SMILES string of the molecule is COc1cc([N+](=O)[O-])cc(C#N)c1C#N. The number of nitro groups is 1. The Morgan fingerprint density at radius 1 is 1.40 bits per heavy atom. The van der Waals surface area contributed by atoms with Crippen LogP contribution in [0.1, 0.15) is 11.1 Å². The maximum absolute atomic E-state index is 10.5. The molecule has 1 rings (SSSR count). The summed E-state index contributed by atoms with van der Waals surface area (Å²) in [5, 5.41) is 27.9. The molecule has 0 saturated carbocycles. The fourth-order valence-electron chi connectivity index (χ4n) is 1.07. The molecule has 0 aliphatic heterocycles. The van der Waals surface area contributed by atoms with Gasteiger partial charge in [0.05, 0.1) is 23.7 Å². The number of benzene rings is 1. The summed E-state index contributed by atoms with van der Waals surface area (Å²) < 4.78 is 4.79. The minimum absolute atomic E-state index is 0.00519. The van der Waals surface area contributed by atoms with Gasteiger partial charge < -0.3 is 4.74 Å². The molecule has 6 nitrogen and oxygen atoms in total. The van der Waals surface area contributed by atoms with Crippen molar-refractivity contribution in [2.45, 2.75) is 0 Å². The van der Waals surface area contributed by atoms with E-state index >= 15 is 0 Å². The monoisotopic (exact) mass is 203 g/mol. The molecule has 0 aliphatic rings. The molecule has 0 unspecified atom stereocenters. The zero-order chi connectivity index (χ0) is 11.4. The first kappa shape index (κ1) is 10.5. The van der Waals surface area contributed by atoms with Crippen molar-refractivity contribution in [1.29, 1.82) is 10.5 Å². The molecule has 0 aliphatic carbocycles. The van der Waals surface area contributed by atoms with Crippen LogP contribution in [0.4, 0.5) is 5.69 Å². The van der Waals surface area contributed by atoms with Crippen LogP contribution in [-0.4, -0.2) is 12.0 Å². The van der Waals surface area contributed by atoms with Gasteiger partial charge in [0.1, 0.15) is 23.5 Å². The van der Waals surface area contributed by atoms with Gasteiger partial charge in [0, 0.05) is 6.07 Å². The third-order valence-corrected chi connectivity index (χ3v) is 1.75. The first-order chi connectivity index (χ1) is 7.13. The first-order valence-corrected chi connectivity index (χ1v) is 3.80. The van der Waals surface area contributed by atoms with Crippen molar-refractivity contribution in [3.63, 3.8) is 0 Å². The van der Waals surface area contributed by atoms with Gasteiger partial charge in [-0.25, -0.2) is 0 Å². The predicted octanol–water partition coefficient (Wildman–Crippen LogP) is 1.35. The van der Waals surface area contributed by atoms with E-state index in [1.165, 1.54) is 7.11 Å². The third kappa shape index (κ3) is 1.84. The molecule has 0 saturated heterocycles. The summed E-state index contributed by atoms with van der Waals surface area (Å²) in [6.45, 7) is 0. The molecule has 0 atom stereocenters. The van der Waals surface area contributed by atoms with E-state index in [2.05, 4.69) is 0 Å². The summed E-state index contributed by atoms with van der Waals surface area (Å²) in [5.41, 5.74) is -0.337. The van der Waals surface area contributed by atoms with Crippen LogP contribution in [0.15, 0.2) is 12.1 Å². The van der Waals surface area contributed by atoms with E-state index in [4.69, 9.17) is 15.3 Å². The van der Waals surface area contributed by atoms with E-state index in [0.717, 1.165) is 12.1 Å². The topological polar surface area (TPSA) is 99.9 Å². The predicted molar refractivity (Wildman–Crippen MR) is 49.1 cm³/mol. The normalized spacial score (nSPS) is 8.73. The zero-order valence-corrected chi connectivity index (χ0v) is 7.72. The molecule has 0 bridgehead atoms. The minimum Gasteiger partial charge on any atom is -0.495 e. The van der Waals surface area contributed by atoms with E-state index in [1.807, 2.05) is 0 Å². The van der Waals surface area contributed by atoms with Crippen LogP contribution < -0.4 is 4.74 Å². The second kappa shape index (κ2) is 4.07. The van der Waals surface area contributed by atoms with Crippen molar-refractivity contribution in [3.05, 3.63) is 33.4 Å². The van der Waals surface area contributed by atoms with Gasteiger partial charge in [-0.1, -0.05) is 0 Å². The summed E-state index contributed by atoms with van der Waals surface area (Å²) >= 11 is 0. The van der Waals surface area contributed by atoms with Crippen LogP contribution in [0.5, 0.6) is 5.75 Å². The Morgan fingerprint density at radius 3 is 2.47 bits per heavy atom. The van der Waals surface area contributed by atoms with Crippen LogP contribution in [0.2, 0.25) is 0 Å². The summed E-state index contributed by atoms with van der Waals surface area (Å²) in [5.74, 6) is 0.0308. The van der Waals surface area contributed by atoms with Crippen LogP contribution in [-0.2, 0) is 0 Å². The molecule has 0 aromatic heterocycles. The average Bonchev–Trinajstić information content (AvgIpc) is 2.26. The van der Waals surface area contributed by atoms with Crippen LogP contribution in [0.25, 0.3) is 0 Å². The van der Waals surface area contributed by atoms with Gasteiger partial charge >= 0.3 is 0 Å². The van der Waals surface area contributed by atoms with Crippen molar-refractivity contribution in [2.24, 2.45) is 0 Å². The number of nitro benzene ring substituents is 1. The molecule has 0 spiro atoms. The fraction of sp³-hybridized carbons (Fsp3) is 0.111. The number of nitrogens with zero attached hydrogens (tertiary/aromatic N) is 3. The van der Waals surface area contributed by atoms with Crippen LogP contribution >= 0.6 is 0 Å². The van der Waals surface area contributed by atoms with E-state index < -0.39 is 4.92 Å². The van der Waals surface area contributed by atoms with Crippen molar-refractivity contribution < 1.29 is 9.66 Å². The Bertz CT molecular complexity index is 497. The lowest BCUT2D eigenvalue weighted by molar-refractivity contribution is -0.385. The molecular formula is C9H5N3O3. The number of ether oxygens (including phenoxy) is 1.